The smallest absolute Gasteiger partial charge is 0.257 e. The molecule has 2 N–H and O–H groups in total. The molecule has 1 aromatic heterocycles. The number of nitrogens with one attached hydrogen (secondary N) is 2. The number of imidazole rings is 1. The van der Waals surface area contributed by atoms with Crippen molar-refractivity contribution in [3.8, 4) is 0 Å². The number of hydrogen-bond acceptors (Lipinski definition) is 3. The van der Waals surface area contributed by atoms with E-state index in [0.717, 1.165) is 12.8 Å². The second-order valence-electron chi connectivity index (χ2n) is 4.29. The SMILES string of the molecule is Cc1ncc(S(=O)(=O)NCC2(CCl)CC2)[nH]1. The van der Waals surface area contributed by atoms with Crippen molar-refractivity contribution in [3.05, 3.63) is 12.0 Å². The van der Waals surface area contributed by atoms with E-state index in [1.54, 1.807) is 6.92 Å². The van der Waals surface area contributed by atoms with Gasteiger partial charge < -0.3 is 4.98 Å². The maximum absolute atomic E-state index is 11.8. The van der Waals surface area contributed by atoms with Gasteiger partial charge in [0.1, 0.15) is 5.82 Å². The summed E-state index contributed by atoms with van der Waals surface area (Å²) in [5.74, 6) is 1.08. The number of H-pyrrole nitrogens is 1. The summed E-state index contributed by atoms with van der Waals surface area (Å²) in [5, 5.41) is 0.107. The van der Waals surface area contributed by atoms with Crippen molar-refractivity contribution < 1.29 is 8.42 Å². The quantitative estimate of drug-likeness (QED) is 0.779. The molecule has 0 atom stereocenters. The number of sulfonamides is 1. The molecule has 7 heteroatoms. The molecule has 1 aliphatic rings. The molecule has 16 heavy (non-hydrogen) atoms. The minimum Gasteiger partial charge on any atom is -0.332 e. The first kappa shape index (κ1) is 11.9. The van der Waals surface area contributed by atoms with E-state index < -0.39 is 10.0 Å². The van der Waals surface area contributed by atoms with Gasteiger partial charge in [0.05, 0.1) is 6.20 Å². The largest absolute Gasteiger partial charge is 0.332 e. The van der Waals surface area contributed by atoms with Crippen LogP contribution in [0.15, 0.2) is 11.2 Å². The standard InChI is InChI=1S/C9H14ClN3O2S/c1-7-11-4-8(13-7)16(14,15)12-6-9(5-10)2-3-9/h4,12H,2-3,5-6H2,1H3,(H,11,13). The zero-order valence-corrected chi connectivity index (χ0v) is 10.5. The molecule has 0 amide bonds. The van der Waals surface area contributed by atoms with Crippen LogP contribution in [0.3, 0.4) is 0 Å². The molecule has 0 aliphatic heterocycles. The molecule has 1 aromatic rings. The Morgan fingerprint density at radius 1 is 1.62 bits per heavy atom. The summed E-state index contributed by atoms with van der Waals surface area (Å²) in [7, 11) is -3.47. The van der Waals surface area contributed by atoms with Crippen molar-refractivity contribution in [2.75, 3.05) is 12.4 Å². The van der Waals surface area contributed by atoms with Crippen LogP contribution in [0.1, 0.15) is 18.7 Å². The van der Waals surface area contributed by atoms with Gasteiger partial charge in [0.25, 0.3) is 10.0 Å². The molecule has 1 heterocycles. The highest BCUT2D eigenvalue weighted by Crippen LogP contribution is 2.46. The van der Waals surface area contributed by atoms with E-state index in [1.165, 1.54) is 6.20 Å². The third kappa shape index (κ3) is 2.39. The van der Waals surface area contributed by atoms with Crippen molar-refractivity contribution in [2.45, 2.75) is 24.8 Å². The van der Waals surface area contributed by atoms with Crippen LogP contribution < -0.4 is 4.72 Å². The zero-order valence-electron chi connectivity index (χ0n) is 8.96. The summed E-state index contributed by atoms with van der Waals surface area (Å²) in [6, 6.07) is 0. The average Bonchev–Trinajstić information content (AvgIpc) is 2.91. The molecule has 0 aromatic carbocycles. The number of aryl methyl sites for hydroxylation is 1. The third-order valence-corrected chi connectivity index (χ3v) is 4.72. The summed E-state index contributed by atoms with van der Waals surface area (Å²) < 4.78 is 26.2. The number of aromatic amines is 1. The van der Waals surface area contributed by atoms with Crippen molar-refractivity contribution in [1.29, 1.82) is 0 Å². The summed E-state index contributed by atoms with van der Waals surface area (Å²) in [5.41, 5.74) is -0.0241. The van der Waals surface area contributed by atoms with Crippen molar-refractivity contribution in [2.24, 2.45) is 5.41 Å². The van der Waals surface area contributed by atoms with Gasteiger partial charge in [0.2, 0.25) is 0 Å². The van der Waals surface area contributed by atoms with Gasteiger partial charge in [-0.1, -0.05) is 0 Å². The lowest BCUT2D eigenvalue weighted by Crippen LogP contribution is -2.31. The van der Waals surface area contributed by atoms with E-state index in [0.29, 0.717) is 18.2 Å². The monoisotopic (exact) mass is 263 g/mol. The van der Waals surface area contributed by atoms with Gasteiger partial charge in [-0.3, -0.25) is 0 Å². The first-order valence-corrected chi connectivity index (χ1v) is 7.06. The number of rotatable bonds is 5. The van der Waals surface area contributed by atoms with Crippen molar-refractivity contribution in [1.82, 2.24) is 14.7 Å². The third-order valence-electron chi connectivity index (χ3n) is 2.85. The predicted octanol–water partition coefficient (Wildman–Crippen LogP) is 1.02. The van der Waals surface area contributed by atoms with Gasteiger partial charge in [-0.2, -0.15) is 0 Å². The number of hydrogen-bond donors (Lipinski definition) is 2. The summed E-state index contributed by atoms with van der Waals surface area (Å²) in [6.07, 6.45) is 3.29. The summed E-state index contributed by atoms with van der Waals surface area (Å²) in [6.45, 7) is 2.11. The van der Waals surface area contributed by atoms with Gasteiger partial charge in [-0.15, -0.1) is 11.6 Å². The van der Waals surface area contributed by atoms with Crippen LogP contribution in [0.4, 0.5) is 0 Å². The van der Waals surface area contributed by atoms with E-state index in [9.17, 15) is 8.42 Å². The highest BCUT2D eigenvalue weighted by atomic mass is 35.5. The minimum absolute atomic E-state index is 0.0241. The normalized spacial score (nSPS) is 18.6. The summed E-state index contributed by atoms with van der Waals surface area (Å²) in [4.78, 5) is 6.56. The van der Waals surface area contributed by atoms with Gasteiger partial charge >= 0.3 is 0 Å². The molecule has 0 saturated heterocycles. The van der Waals surface area contributed by atoms with Crippen LogP contribution in [0.5, 0.6) is 0 Å². The number of alkyl halides is 1. The van der Waals surface area contributed by atoms with Gasteiger partial charge in [0, 0.05) is 12.4 Å². The Kier molecular flexibility index (Phi) is 2.98. The minimum atomic E-state index is -3.47. The van der Waals surface area contributed by atoms with Crippen LogP contribution in [0.25, 0.3) is 0 Å². The van der Waals surface area contributed by atoms with Gasteiger partial charge in [0.15, 0.2) is 5.03 Å². The fourth-order valence-electron chi connectivity index (χ4n) is 1.40. The molecule has 5 nitrogen and oxygen atoms in total. The summed E-state index contributed by atoms with van der Waals surface area (Å²) >= 11 is 5.78. The lowest BCUT2D eigenvalue weighted by molar-refractivity contribution is 0.532. The Hall–Kier alpha value is -0.590. The number of nitrogens with zero attached hydrogens (tertiary/aromatic N) is 1. The lowest BCUT2D eigenvalue weighted by Gasteiger charge is -2.11. The average molecular weight is 264 g/mol. The van der Waals surface area contributed by atoms with Gasteiger partial charge in [-0.05, 0) is 25.2 Å². The fraction of sp³-hybridized carbons (Fsp3) is 0.667. The highest BCUT2D eigenvalue weighted by molar-refractivity contribution is 7.89. The Morgan fingerprint density at radius 2 is 2.31 bits per heavy atom. The van der Waals surface area contributed by atoms with E-state index in [-0.39, 0.29) is 10.4 Å². The number of halogens is 1. The molecule has 0 spiro atoms. The molecular formula is C9H14ClN3O2S. The topological polar surface area (TPSA) is 74.8 Å². The second kappa shape index (κ2) is 4.01. The first-order valence-electron chi connectivity index (χ1n) is 5.05. The van der Waals surface area contributed by atoms with Crippen LogP contribution >= 0.6 is 11.6 Å². The molecule has 2 rings (SSSR count). The Morgan fingerprint density at radius 3 is 2.75 bits per heavy atom. The van der Waals surface area contributed by atoms with Crippen LogP contribution in [-0.4, -0.2) is 30.8 Å². The molecular weight excluding hydrogens is 250 g/mol. The maximum atomic E-state index is 11.8. The van der Waals surface area contributed by atoms with Crippen LogP contribution in [-0.2, 0) is 10.0 Å². The van der Waals surface area contributed by atoms with Crippen molar-refractivity contribution in [3.63, 3.8) is 0 Å². The second-order valence-corrected chi connectivity index (χ2v) is 6.29. The predicted molar refractivity (Wildman–Crippen MR) is 60.9 cm³/mol. The molecule has 1 aliphatic carbocycles. The molecule has 0 unspecified atom stereocenters. The molecule has 1 saturated carbocycles. The van der Waals surface area contributed by atoms with Crippen LogP contribution in [0.2, 0.25) is 0 Å². The maximum Gasteiger partial charge on any atom is 0.257 e. The van der Waals surface area contributed by atoms with Crippen LogP contribution in [0, 0.1) is 12.3 Å². The van der Waals surface area contributed by atoms with E-state index in [4.69, 9.17) is 11.6 Å². The molecule has 0 radical (unpaired) electrons. The Bertz CT molecular complexity index is 479. The van der Waals surface area contributed by atoms with Gasteiger partial charge in [-0.25, -0.2) is 18.1 Å². The molecule has 0 bridgehead atoms. The zero-order chi connectivity index (χ0) is 11.8. The molecule has 1 fully saturated rings. The highest BCUT2D eigenvalue weighted by Gasteiger charge is 2.42. The van der Waals surface area contributed by atoms with E-state index >= 15 is 0 Å². The fourth-order valence-corrected chi connectivity index (χ4v) is 2.88. The number of aromatic nitrogens is 2. The lowest BCUT2D eigenvalue weighted by atomic mass is 10.1. The van der Waals surface area contributed by atoms with E-state index in [2.05, 4.69) is 14.7 Å². The van der Waals surface area contributed by atoms with E-state index in [1.807, 2.05) is 0 Å². The van der Waals surface area contributed by atoms with Crippen molar-refractivity contribution >= 4 is 21.6 Å². The molecule has 90 valence electrons. The first-order chi connectivity index (χ1) is 7.47. The Labute approximate surface area is 99.7 Å². The Balaban J connectivity index is 2.04.